The second-order valence-electron chi connectivity index (χ2n) is 8.08. The molecule has 1 aromatic rings. The summed E-state index contributed by atoms with van der Waals surface area (Å²) in [5.41, 5.74) is 0.766. The van der Waals surface area contributed by atoms with E-state index in [1.165, 1.54) is 0 Å². The van der Waals surface area contributed by atoms with E-state index in [9.17, 15) is 14.7 Å². The molecular weight excluding hydrogens is 332 g/mol. The molecule has 0 radical (unpaired) electrons. The van der Waals surface area contributed by atoms with Gasteiger partial charge < -0.3 is 20.1 Å². The number of carboxylic acids is 1. The summed E-state index contributed by atoms with van der Waals surface area (Å²) >= 11 is 0. The normalized spacial score (nSPS) is 25.9. The van der Waals surface area contributed by atoms with Crippen LogP contribution in [0.1, 0.15) is 37.7 Å². The highest BCUT2D eigenvalue weighted by Gasteiger charge is 2.54. The first-order chi connectivity index (χ1) is 12.5. The predicted molar refractivity (Wildman–Crippen MR) is 96.2 cm³/mol. The monoisotopic (exact) mass is 358 g/mol. The maximum Gasteiger partial charge on any atom is 0.320 e. The molecule has 2 N–H and O–H groups in total. The Balaban J connectivity index is 1.41. The smallest absolute Gasteiger partial charge is 0.320 e. The number of carbonyl (C=O) groups is 2. The highest BCUT2D eigenvalue weighted by Crippen LogP contribution is 2.51. The molecule has 3 fully saturated rings. The molecule has 3 aliphatic rings. The van der Waals surface area contributed by atoms with E-state index in [4.69, 9.17) is 4.74 Å². The van der Waals surface area contributed by atoms with Crippen LogP contribution in [0.15, 0.2) is 24.3 Å². The van der Waals surface area contributed by atoms with E-state index in [2.05, 4.69) is 5.32 Å². The number of piperidine rings is 1. The number of aliphatic carboxylic acids is 1. The van der Waals surface area contributed by atoms with Crippen molar-refractivity contribution in [2.45, 2.75) is 43.6 Å². The molecule has 26 heavy (non-hydrogen) atoms. The molecule has 0 bridgehead atoms. The number of ether oxygens (including phenoxy) is 1. The van der Waals surface area contributed by atoms with Crippen LogP contribution in [0.5, 0.6) is 5.75 Å². The molecule has 0 aromatic heterocycles. The van der Waals surface area contributed by atoms with Crippen LogP contribution in [0.3, 0.4) is 0 Å². The average Bonchev–Trinajstić information content (AvgIpc) is 3.38. The van der Waals surface area contributed by atoms with Crippen molar-refractivity contribution in [1.82, 2.24) is 10.2 Å². The summed E-state index contributed by atoms with van der Waals surface area (Å²) in [7, 11) is 1.64. The van der Waals surface area contributed by atoms with Crippen molar-refractivity contribution in [2.24, 2.45) is 5.41 Å². The van der Waals surface area contributed by atoms with Crippen molar-refractivity contribution in [3.63, 3.8) is 0 Å². The van der Waals surface area contributed by atoms with E-state index >= 15 is 0 Å². The second-order valence-corrected chi connectivity index (χ2v) is 8.08. The summed E-state index contributed by atoms with van der Waals surface area (Å²) in [6.07, 6.45) is 4.25. The summed E-state index contributed by atoms with van der Waals surface area (Å²) in [5.74, 6) is 0.272. The van der Waals surface area contributed by atoms with Crippen molar-refractivity contribution < 1.29 is 19.4 Å². The number of nitrogens with one attached hydrogen (secondary N) is 1. The summed E-state index contributed by atoms with van der Waals surface area (Å²) < 4.78 is 5.21. The van der Waals surface area contributed by atoms with Crippen LogP contribution in [0, 0.1) is 5.41 Å². The molecule has 1 spiro atoms. The van der Waals surface area contributed by atoms with Gasteiger partial charge in [-0.05, 0) is 55.2 Å². The Bertz CT molecular complexity index is 703. The largest absolute Gasteiger partial charge is 0.497 e. The topological polar surface area (TPSA) is 78.9 Å². The number of methoxy groups -OCH3 is 1. The van der Waals surface area contributed by atoms with Crippen molar-refractivity contribution in [3.8, 4) is 5.75 Å². The lowest BCUT2D eigenvalue weighted by atomic mass is 9.76. The van der Waals surface area contributed by atoms with Crippen LogP contribution >= 0.6 is 0 Å². The first-order valence-electron chi connectivity index (χ1n) is 9.38. The van der Waals surface area contributed by atoms with Crippen molar-refractivity contribution >= 4 is 11.9 Å². The van der Waals surface area contributed by atoms with Crippen molar-refractivity contribution in [2.75, 3.05) is 26.7 Å². The molecule has 2 aliphatic heterocycles. The van der Waals surface area contributed by atoms with Gasteiger partial charge in [-0.15, -0.1) is 0 Å². The number of hydrogen-bond donors (Lipinski definition) is 2. The van der Waals surface area contributed by atoms with E-state index < -0.39 is 12.0 Å². The lowest BCUT2D eigenvalue weighted by Crippen LogP contribution is -2.47. The minimum Gasteiger partial charge on any atom is -0.497 e. The van der Waals surface area contributed by atoms with Gasteiger partial charge >= 0.3 is 5.97 Å². The van der Waals surface area contributed by atoms with Gasteiger partial charge in [0.25, 0.3) is 0 Å². The molecule has 1 amide bonds. The molecule has 2 heterocycles. The zero-order valence-electron chi connectivity index (χ0n) is 15.2. The lowest BCUT2D eigenvalue weighted by Gasteiger charge is -2.40. The van der Waals surface area contributed by atoms with Crippen molar-refractivity contribution in [1.29, 1.82) is 0 Å². The van der Waals surface area contributed by atoms with Gasteiger partial charge in [-0.3, -0.25) is 9.59 Å². The Morgan fingerprint density at radius 3 is 2.31 bits per heavy atom. The number of nitrogens with zero attached hydrogens (tertiary/aromatic N) is 1. The number of carbonyl (C=O) groups excluding carboxylic acids is 1. The summed E-state index contributed by atoms with van der Waals surface area (Å²) in [6, 6.07) is 7.42. The summed E-state index contributed by atoms with van der Waals surface area (Å²) in [6.45, 7) is 2.20. The van der Waals surface area contributed by atoms with Crippen LogP contribution in [-0.2, 0) is 15.0 Å². The first kappa shape index (κ1) is 17.3. The van der Waals surface area contributed by atoms with Gasteiger partial charge in [-0.2, -0.15) is 0 Å². The van der Waals surface area contributed by atoms with Crippen LogP contribution in [-0.4, -0.2) is 54.7 Å². The quantitative estimate of drug-likeness (QED) is 0.858. The second kappa shape index (κ2) is 6.27. The molecular formula is C20H26N2O4. The molecule has 1 saturated carbocycles. The highest BCUT2D eigenvalue weighted by molar-refractivity contribution is 5.91. The van der Waals surface area contributed by atoms with Crippen LogP contribution in [0.4, 0.5) is 0 Å². The Hall–Kier alpha value is -2.08. The van der Waals surface area contributed by atoms with Gasteiger partial charge in [-0.1, -0.05) is 12.1 Å². The van der Waals surface area contributed by atoms with Crippen LogP contribution in [0.2, 0.25) is 0 Å². The Labute approximate surface area is 153 Å². The number of carboxylic acid groups (broad SMARTS) is 1. The molecule has 4 rings (SSSR count). The molecule has 6 heteroatoms. The first-order valence-corrected chi connectivity index (χ1v) is 9.38. The third-order valence-corrected chi connectivity index (χ3v) is 6.57. The number of hydrogen-bond acceptors (Lipinski definition) is 4. The number of likely N-dealkylation sites (tertiary alicyclic amines) is 1. The molecule has 0 unspecified atom stereocenters. The van der Waals surface area contributed by atoms with E-state index in [1.54, 1.807) is 7.11 Å². The van der Waals surface area contributed by atoms with Gasteiger partial charge in [0, 0.05) is 19.6 Å². The Kier molecular flexibility index (Phi) is 4.18. The fourth-order valence-electron chi connectivity index (χ4n) is 4.62. The van der Waals surface area contributed by atoms with Gasteiger partial charge in [0.05, 0.1) is 12.5 Å². The minimum atomic E-state index is -0.767. The van der Waals surface area contributed by atoms with Gasteiger partial charge in [-0.25, -0.2) is 0 Å². The number of benzene rings is 1. The SMILES string of the molecule is COc1ccc(C2(C(=O)N3CCC4(CC3)CN[C@@H](C(=O)O)C4)CC2)cc1. The minimum absolute atomic E-state index is 0.0384. The standard InChI is InChI=1S/C20H26N2O4/c1-26-15-4-2-14(3-5-15)20(6-7-20)18(25)22-10-8-19(9-11-22)12-16(17(23)24)21-13-19/h2-5,16,21H,6-13H2,1H3,(H,23,24)/t16-/m1/s1. The van der Waals surface area contributed by atoms with E-state index in [1.807, 2.05) is 29.2 Å². The Morgan fingerprint density at radius 2 is 1.81 bits per heavy atom. The fraction of sp³-hybridized carbons (Fsp3) is 0.600. The van der Waals surface area contributed by atoms with E-state index in [-0.39, 0.29) is 16.7 Å². The molecule has 1 aliphatic carbocycles. The molecule has 2 saturated heterocycles. The predicted octanol–water partition coefficient (Wildman–Crippen LogP) is 1.78. The maximum atomic E-state index is 13.2. The third kappa shape index (κ3) is 2.86. The van der Waals surface area contributed by atoms with Crippen molar-refractivity contribution in [3.05, 3.63) is 29.8 Å². The van der Waals surface area contributed by atoms with E-state index in [0.29, 0.717) is 6.42 Å². The lowest BCUT2D eigenvalue weighted by molar-refractivity contribution is -0.140. The number of amides is 1. The van der Waals surface area contributed by atoms with Crippen LogP contribution < -0.4 is 10.1 Å². The van der Waals surface area contributed by atoms with Gasteiger partial charge in [0.1, 0.15) is 11.8 Å². The molecule has 6 nitrogen and oxygen atoms in total. The summed E-state index contributed by atoms with van der Waals surface area (Å²) in [5, 5.41) is 12.3. The average molecular weight is 358 g/mol. The zero-order chi connectivity index (χ0) is 18.4. The molecule has 140 valence electrons. The Morgan fingerprint density at radius 1 is 1.15 bits per heavy atom. The zero-order valence-corrected chi connectivity index (χ0v) is 15.2. The summed E-state index contributed by atoms with van der Waals surface area (Å²) in [4.78, 5) is 26.4. The molecule has 1 atom stereocenters. The third-order valence-electron chi connectivity index (χ3n) is 6.57. The van der Waals surface area contributed by atoms with Crippen LogP contribution in [0.25, 0.3) is 0 Å². The van der Waals surface area contributed by atoms with Gasteiger partial charge in [0.15, 0.2) is 0 Å². The maximum absolute atomic E-state index is 13.2. The highest BCUT2D eigenvalue weighted by atomic mass is 16.5. The number of rotatable bonds is 4. The van der Waals surface area contributed by atoms with Gasteiger partial charge in [0.2, 0.25) is 5.91 Å². The fourth-order valence-corrected chi connectivity index (χ4v) is 4.62. The van der Waals surface area contributed by atoms with E-state index in [0.717, 1.165) is 56.6 Å². The molecule has 1 aromatic carbocycles.